The van der Waals surface area contributed by atoms with Gasteiger partial charge in [-0.2, -0.15) is 22.4 Å². The quantitative estimate of drug-likeness (QED) is 0.643. The van der Waals surface area contributed by atoms with Crippen molar-refractivity contribution in [3.05, 3.63) is 0 Å². The topological polar surface area (TPSA) is 0 Å². The number of hydrogen-bond donors (Lipinski definition) is 0. The Morgan fingerprint density at radius 3 is 1.38 bits per heavy atom. The maximum atomic E-state index is 2.37. The maximum absolute atomic E-state index is 2.37. The second kappa shape index (κ2) is 5.71. The highest BCUT2D eigenvalue weighted by Crippen LogP contribution is 2.34. The average Bonchev–Trinajstić information content (AvgIpc) is 2.04. The maximum Gasteiger partial charge on any atom is 0.147 e. The monoisotopic (exact) mass is 236 g/mol. The van der Waals surface area contributed by atoms with Crippen molar-refractivity contribution in [1.82, 2.24) is 0 Å². The Labute approximate surface area is 94.1 Å². The van der Waals surface area contributed by atoms with Crippen molar-refractivity contribution in [2.45, 2.75) is 63.9 Å². The second-order valence-electron chi connectivity index (χ2n) is 4.63. The first-order chi connectivity index (χ1) is 5.83. The summed E-state index contributed by atoms with van der Waals surface area (Å²) in [6.45, 7) is 14.0. The van der Waals surface area contributed by atoms with Gasteiger partial charge in [0.25, 0.3) is 0 Å². The Balaban J connectivity index is 3.68. The van der Waals surface area contributed by atoms with Crippen LogP contribution in [-0.4, -0.2) is 17.3 Å². The largest absolute Gasteiger partial charge is 0.174 e. The standard InChI is InChI=1S/C10H24S2Si/c1-7-9(3,4)11-13-12-10(5,6)8-2/h7-8,13H2,1-6H3. The summed E-state index contributed by atoms with van der Waals surface area (Å²) in [5, 5.41) is 0. The Morgan fingerprint density at radius 2 is 1.15 bits per heavy atom. The van der Waals surface area contributed by atoms with Gasteiger partial charge >= 0.3 is 0 Å². The van der Waals surface area contributed by atoms with E-state index in [0.717, 1.165) is 0 Å². The summed E-state index contributed by atoms with van der Waals surface area (Å²) in [5.74, 6) is 0. The molecule has 0 N–H and O–H groups in total. The van der Waals surface area contributed by atoms with E-state index in [0.29, 0.717) is 9.49 Å². The van der Waals surface area contributed by atoms with Crippen LogP contribution in [0, 0.1) is 0 Å². The number of hydrogen-bond acceptors (Lipinski definition) is 2. The molecule has 0 radical (unpaired) electrons. The fourth-order valence-electron chi connectivity index (χ4n) is 0.553. The summed E-state index contributed by atoms with van der Waals surface area (Å²) in [7, 11) is 0.0143. The zero-order valence-electron chi connectivity index (χ0n) is 9.94. The van der Waals surface area contributed by atoms with E-state index in [4.69, 9.17) is 0 Å². The Morgan fingerprint density at radius 1 is 0.846 bits per heavy atom. The van der Waals surface area contributed by atoms with Gasteiger partial charge in [0.15, 0.2) is 0 Å². The fourth-order valence-corrected chi connectivity index (χ4v) is 11.2. The molecule has 0 unspecified atom stereocenters. The summed E-state index contributed by atoms with van der Waals surface area (Å²) in [5.41, 5.74) is 0. The predicted octanol–water partition coefficient (Wildman–Crippen LogP) is 3.83. The molecular formula is C10H24S2Si. The van der Waals surface area contributed by atoms with Crippen LogP contribution in [0.15, 0.2) is 0 Å². The molecule has 0 fully saturated rings. The van der Waals surface area contributed by atoms with Gasteiger partial charge in [0.2, 0.25) is 0 Å². The molecule has 13 heavy (non-hydrogen) atoms. The molecule has 0 spiro atoms. The molecule has 0 rings (SSSR count). The minimum atomic E-state index is 0.0143. The minimum Gasteiger partial charge on any atom is -0.174 e. The van der Waals surface area contributed by atoms with Crippen molar-refractivity contribution in [2.75, 3.05) is 0 Å². The minimum absolute atomic E-state index is 0.0143. The molecule has 0 saturated heterocycles. The van der Waals surface area contributed by atoms with Crippen LogP contribution in [0.1, 0.15) is 54.4 Å². The van der Waals surface area contributed by atoms with E-state index in [2.05, 4.69) is 64.0 Å². The zero-order chi connectivity index (χ0) is 10.5. The van der Waals surface area contributed by atoms with Crippen LogP contribution >= 0.6 is 22.4 Å². The predicted molar refractivity (Wildman–Crippen MR) is 72.5 cm³/mol. The molecular weight excluding hydrogens is 212 g/mol. The van der Waals surface area contributed by atoms with Crippen molar-refractivity contribution in [2.24, 2.45) is 0 Å². The van der Waals surface area contributed by atoms with Crippen LogP contribution in [0.3, 0.4) is 0 Å². The van der Waals surface area contributed by atoms with Gasteiger partial charge in [0, 0.05) is 9.49 Å². The molecule has 0 atom stereocenters. The van der Waals surface area contributed by atoms with Gasteiger partial charge in [-0.3, -0.25) is 0 Å². The summed E-state index contributed by atoms with van der Waals surface area (Å²) >= 11 is 4.45. The SMILES string of the molecule is CCC(C)(C)S[SiH2]SC(C)(C)CC. The van der Waals surface area contributed by atoms with E-state index in [1.807, 2.05) is 0 Å². The zero-order valence-corrected chi connectivity index (χ0v) is 13.0. The molecule has 0 heterocycles. The van der Waals surface area contributed by atoms with Gasteiger partial charge in [-0.15, -0.1) is 0 Å². The van der Waals surface area contributed by atoms with Crippen LogP contribution in [0.2, 0.25) is 0 Å². The molecule has 0 aromatic rings. The van der Waals surface area contributed by atoms with Crippen LogP contribution in [0.4, 0.5) is 0 Å². The van der Waals surface area contributed by atoms with E-state index in [-0.39, 0.29) is 7.82 Å². The number of rotatable bonds is 6. The van der Waals surface area contributed by atoms with Crippen molar-refractivity contribution in [1.29, 1.82) is 0 Å². The highest BCUT2D eigenvalue weighted by Gasteiger charge is 2.19. The summed E-state index contributed by atoms with van der Waals surface area (Å²) in [6.07, 6.45) is 2.58. The van der Waals surface area contributed by atoms with Crippen molar-refractivity contribution in [3.8, 4) is 0 Å². The third-order valence-corrected chi connectivity index (χ3v) is 12.5. The summed E-state index contributed by atoms with van der Waals surface area (Å²) < 4.78 is 1.03. The summed E-state index contributed by atoms with van der Waals surface area (Å²) in [4.78, 5) is 0. The van der Waals surface area contributed by atoms with Gasteiger partial charge < -0.3 is 0 Å². The van der Waals surface area contributed by atoms with Crippen LogP contribution in [-0.2, 0) is 0 Å². The molecule has 0 bridgehead atoms. The molecule has 0 aliphatic rings. The van der Waals surface area contributed by atoms with Gasteiger partial charge in [-0.1, -0.05) is 41.5 Å². The van der Waals surface area contributed by atoms with Crippen molar-refractivity contribution in [3.63, 3.8) is 0 Å². The molecule has 0 saturated carbocycles. The average molecular weight is 237 g/mol. The van der Waals surface area contributed by atoms with Crippen molar-refractivity contribution < 1.29 is 0 Å². The Bertz CT molecular complexity index is 128. The molecule has 0 amide bonds. The van der Waals surface area contributed by atoms with Crippen molar-refractivity contribution >= 4 is 30.2 Å². The Kier molecular flexibility index (Phi) is 6.12. The van der Waals surface area contributed by atoms with E-state index in [9.17, 15) is 0 Å². The van der Waals surface area contributed by atoms with Gasteiger partial charge in [0.05, 0.1) is 0 Å². The fraction of sp³-hybridized carbons (Fsp3) is 1.00. The van der Waals surface area contributed by atoms with Gasteiger partial charge in [-0.05, 0) is 12.8 Å². The molecule has 0 nitrogen and oxygen atoms in total. The van der Waals surface area contributed by atoms with Gasteiger partial charge in [0.1, 0.15) is 7.82 Å². The highest BCUT2D eigenvalue weighted by atomic mass is 32.6. The third kappa shape index (κ3) is 6.92. The molecule has 0 aliphatic carbocycles. The summed E-state index contributed by atoms with van der Waals surface area (Å²) in [6, 6.07) is 0. The first-order valence-corrected chi connectivity index (χ1v) is 10.5. The molecule has 0 aliphatic heterocycles. The van der Waals surface area contributed by atoms with E-state index < -0.39 is 0 Å². The molecule has 0 aromatic heterocycles. The Hall–Kier alpha value is 0.917. The van der Waals surface area contributed by atoms with Gasteiger partial charge in [-0.25, -0.2) is 0 Å². The molecule has 80 valence electrons. The first kappa shape index (κ1) is 13.9. The third-order valence-electron chi connectivity index (χ3n) is 2.60. The van der Waals surface area contributed by atoms with E-state index in [1.165, 1.54) is 12.8 Å². The second-order valence-corrected chi connectivity index (χ2v) is 12.2. The van der Waals surface area contributed by atoms with E-state index in [1.54, 1.807) is 0 Å². The lowest BCUT2D eigenvalue weighted by atomic mass is 10.1. The smallest absolute Gasteiger partial charge is 0.147 e. The first-order valence-electron chi connectivity index (χ1n) is 5.11. The lowest BCUT2D eigenvalue weighted by Gasteiger charge is -2.26. The molecule has 3 heteroatoms. The lowest BCUT2D eigenvalue weighted by molar-refractivity contribution is 0.688. The van der Waals surface area contributed by atoms with Crippen LogP contribution in [0.25, 0.3) is 0 Å². The normalized spacial score (nSPS) is 13.4. The van der Waals surface area contributed by atoms with E-state index >= 15 is 0 Å². The highest BCUT2D eigenvalue weighted by molar-refractivity contribution is 8.51. The van der Waals surface area contributed by atoms with Crippen LogP contribution < -0.4 is 0 Å². The lowest BCUT2D eigenvalue weighted by Crippen LogP contribution is -2.18. The molecule has 0 aromatic carbocycles. The van der Waals surface area contributed by atoms with Crippen LogP contribution in [0.5, 0.6) is 0 Å².